The van der Waals surface area contributed by atoms with Crippen molar-refractivity contribution in [3.05, 3.63) is 52.8 Å². The monoisotopic (exact) mass is 304 g/mol. The third-order valence-electron chi connectivity index (χ3n) is 2.66. The predicted octanol–water partition coefficient (Wildman–Crippen LogP) is 2.90. The number of nitrogens with one attached hydrogen (secondary N) is 1. The van der Waals surface area contributed by atoms with E-state index in [9.17, 15) is 0 Å². The minimum Gasteiger partial charge on any atom is -0.384 e. The SMILES string of the molecule is CN(c1cccc(C(=N)N)c1)c1ccncc1Br. The van der Waals surface area contributed by atoms with E-state index in [1.807, 2.05) is 42.3 Å². The summed E-state index contributed by atoms with van der Waals surface area (Å²) in [5.74, 6) is 0.0686. The van der Waals surface area contributed by atoms with E-state index >= 15 is 0 Å². The van der Waals surface area contributed by atoms with Crippen molar-refractivity contribution in [2.75, 3.05) is 11.9 Å². The molecule has 4 nitrogen and oxygen atoms in total. The van der Waals surface area contributed by atoms with Gasteiger partial charge in [-0.1, -0.05) is 12.1 Å². The van der Waals surface area contributed by atoms with E-state index in [4.69, 9.17) is 11.1 Å². The maximum atomic E-state index is 7.46. The molecule has 2 rings (SSSR count). The lowest BCUT2D eigenvalue weighted by Crippen LogP contribution is -2.14. The van der Waals surface area contributed by atoms with E-state index in [1.165, 1.54) is 0 Å². The number of aromatic nitrogens is 1. The standard InChI is InChI=1S/C13H13BrN4/c1-18(12-5-6-17-8-11(12)14)10-4-2-3-9(7-10)13(15)16/h2-8H,1H3,(H3,15,16). The maximum absolute atomic E-state index is 7.46. The van der Waals surface area contributed by atoms with Crippen molar-refractivity contribution in [1.82, 2.24) is 4.98 Å². The summed E-state index contributed by atoms with van der Waals surface area (Å²) in [5.41, 5.74) is 8.18. The van der Waals surface area contributed by atoms with E-state index in [-0.39, 0.29) is 5.84 Å². The number of hydrogen-bond acceptors (Lipinski definition) is 3. The molecular formula is C13H13BrN4. The summed E-state index contributed by atoms with van der Waals surface area (Å²) < 4.78 is 0.917. The summed E-state index contributed by atoms with van der Waals surface area (Å²) >= 11 is 3.47. The van der Waals surface area contributed by atoms with Crippen LogP contribution in [0.2, 0.25) is 0 Å². The highest BCUT2D eigenvalue weighted by Gasteiger charge is 2.08. The van der Waals surface area contributed by atoms with E-state index in [2.05, 4.69) is 20.9 Å². The zero-order valence-electron chi connectivity index (χ0n) is 9.89. The van der Waals surface area contributed by atoms with Gasteiger partial charge in [-0.25, -0.2) is 0 Å². The maximum Gasteiger partial charge on any atom is 0.122 e. The molecule has 0 radical (unpaired) electrons. The highest BCUT2D eigenvalue weighted by molar-refractivity contribution is 9.10. The van der Waals surface area contributed by atoms with Gasteiger partial charge in [-0.05, 0) is 34.1 Å². The topological polar surface area (TPSA) is 66.0 Å². The second kappa shape index (κ2) is 5.18. The van der Waals surface area contributed by atoms with Gasteiger partial charge < -0.3 is 10.6 Å². The molecule has 0 aliphatic heterocycles. The molecule has 1 heterocycles. The molecule has 0 amide bonds. The number of pyridine rings is 1. The summed E-state index contributed by atoms with van der Waals surface area (Å²) in [6.45, 7) is 0. The van der Waals surface area contributed by atoms with Gasteiger partial charge in [-0.2, -0.15) is 0 Å². The van der Waals surface area contributed by atoms with Crippen molar-refractivity contribution >= 4 is 33.1 Å². The first-order chi connectivity index (χ1) is 8.59. The van der Waals surface area contributed by atoms with Crippen LogP contribution in [0.5, 0.6) is 0 Å². The van der Waals surface area contributed by atoms with Crippen LogP contribution >= 0.6 is 15.9 Å². The summed E-state index contributed by atoms with van der Waals surface area (Å²) in [6, 6.07) is 9.48. The Morgan fingerprint density at radius 3 is 2.83 bits per heavy atom. The number of benzene rings is 1. The zero-order chi connectivity index (χ0) is 13.1. The number of nitrogens with two attached hydrogens (primary N) is 1. The van der Waals surface area contributed by atoms with E-state index in [1.54, 1.807) is 12.4 Å². The van der Waals surface area contributed by atoms with Gasteiger partial charge in [0, 0.05) is 30.7 Å². The van der Waals surface area contributed by atoms with E-state index < -0.39 is 0 Å². The highest BCUT2D eigenvalue weighted by Crippen LogP contribution is 2.30. The van der Waals surface area contributed by atoms with Crippen molar-refractivity contribution in [2.45, 2.75) is 0 Å². The molecule has 1 aromatic heterocycles. The van der Waals surface area contributed by atoms with Crippen LogP contribution in [-0.4, -0.2) is 17.9 Å². The molecule has 0 aliphatic rings. The fourth-order valence-corrected chi connectivity index (χ4v) is 2.18. The molecule has 3 N–H and O–H groups in total. The lowest BCUT2D eigenvalue weighted by atomic mass is 10.1. The Balaban J connectivity index is 2.40. The summed E-state index contributed by atoms with van der Waals surface area (Å²) in [4.78, 5) is 6.05. The molecule has 0 saturated carbocycles. The number of nitrogen functional groups attached to an aromatic ring is 1. The largest absolute Gasteiger partial charge is 0.384 e. The van der Waals surface area contributed by atoms with Gasteiger partial charge in [-0.15, -0.1) is 0 Å². The number of anilines is 2. The van der Waals surface area contributed by atoms with Crippen LogP contribution in [0.4, 0.5) is 11.4 Å². The molecule has 5 heteroatoms. The van der Waals surface area contributed by atoms with Gasteiger partial charge >= 0.3 is 0 Å². The van der Waals surface area contributed by atoms with E-state index in [0.29, 0.717) is 5.56 Å². The zero-order valence-corrected chi connectivity index (χ0v) is 11.5. The molecule has 18 heavy (non-hydrogen) atoms. The van der Waals surface area contributed by atoms with Crippen molar-refractivity contribution in [2.24, 2.45) is 5.73 Å². The average Bonchev–Trinajstić information content (AvgIpc) is 2.38. The van der Waals surface area contributed by atoms with Gasteiger partial charge in [0.25, 0.3) is 0 Å². The summed E-state index contributed by atoms with van der Waals surface area (Å²) in [6.07, 6.45) is 3.49. The van der Waals surface area contributed by atoms with Crippen LogP contribution in [-0.2, 0) is 0 Å². The Hall–Kier alpha value is -1.88. The first-order valence-corrected chi connectivity index (χ1v) is 6.16. The van der Waals surface area contributed by atoms with Crippen LogP contribution in [0.1, 0.15) is 5.56 Å². The normalized spacial score (nSPS) is 10.1. The lowest BCUT2D eigenvalue weighted by molar-refractivity contribution is 1.17. The Kier molecular flexibility index (Phi) is 3.62. The Labute approximate surface area is 114 Å². The number of amidine groups is 1. The minimum absolute atomic E-state index is 0.0686. The number of halogens is 1. The van der Waals surface area contributed by atoms with Gasteiger partial charge in [0.05, 0.1) is 10.2 Å². The van der Waals surface area contributed by atoms with Crippen LogP contribution in [0.3, 0.4) is 0 Å². The average molecular weight is 305 g/mol. The third-order valence-corrected chi connectivity index (χ3v) is 3.27. The predicted molar refractivity (Wildman–Crippen MR) is 77.5 cm³/mol. The Bertz CT molecular complexity index is 583. The molecule has 92 valence electrons. The molecular weight excluding hydrogens is 292 g/mol. The van der Waals surface area contributed by atoms with Crippen LogP contribution in [0.25, 0.3) is 0 Å². The first kappa shape index (κ1) is 12.6. The molecule has 0 aliphatic carbocycles. The van der Waals surface area contributed by atoms with Gasteiger partial charge in [0.15, 0.2) is 0 Å². The van der Waals surface area contributed by atoms with Crippen molar-refractivity contribution in [3.63, 3.8) is 0 Å². The van der Waals surface area contributed by atoms with Crippen LogP contribution in [0.15, 0.2) is 47.2 Å². The Morgan fingerprint density at radius 2 is 2.17 bits per heavy atom. The number of rotatable bonds is 3. The fourth-order valence-electron chi connectivity index (χ4n) is 1.66. The molecule has 0 bridgehead atoms. The molecule has 0 unspecified atom stereocenters. The Morgan fingerprint density at radius 1 is 1.39 bits per heavy atom. The van der Waals surface area contributed by atoms with Gasteiger partial charge in [0.1, 0.15) is 5.84 Å². The molecule has 2 aromatic rings. The van der Waals surface area contributed by atoms with Crippen molar-refractivity contribution in [1.29, 1.82) is 5.41 Å². The minimum atomic E-state index is 0.0686. The van der Waals surface area contributed by atoms with Gasteiger partial charge in [-0.3, -0.25) is 10.4 Å². The third kappa shape index (κ3) is 2.51. The molecule has 0 saturated heterocycles. The molecule has 1 aromatic carbocycles. The van der Waals surface area contributed by atoms with Gasteiger partial charge in [0.2, 0.25) is 0 Å². The smallest absolute Gasteiger partial charge is 0.122 e. The second-order valence-corrected chi connectivity index (χ2v) is 4.70. The van der Waals surface area contributed by atoms with Crippen molar-refractivity contribution in [3.8, 4) is 0 Å². The first-order valence-electron chi connectivity index (χ1n) is 5.37. The number of hydrogen-bond donors (Lipinski definition) is 2. The van der Waals surface area contributed by atoms with E-state index in [0.717, 1.165) is 15.8 Å². The lowest BCUT2D eigenvalue weighted by Gasteiger charge is -2.21. The summed E-state index contributed by atoms with van der Waals surface area (Å²) in [7, 11) is 1.96. The highest BCUT2D eigenvalue weighted by atomic mass is 79.9. The summed E-state index contributed by atoms with van der Waals surface area (Å²) in [5, 5.41) is 7.46. The molecule has 0 spiro atoms. The number of nitrogens with zero attached hydrogens (tertiary/aromatic N) is 2. The fraction of sp³-hybridized carbons (Fsp3) is 0.0769. The molecule has 0 fully saturated rings. The quantitative estimate of drug-likeness (QED) is 0.677. The molecule has 0 atom stereocenters. The van der Waals surface area contributed by atoms with Crippen molar-refractivity contribution < 1.29 is 0 Å². The van der Waals surface area contributed by atoms with Crippen LogP contribution < -0.4 is 10.6 Å². The van der Waals surface area contributed by atoms with Crippen LogP contribution in [0, 0.1) is 5.41 Å². The second-order valence-electron chi connectivity index (χ2n) is 3.85.